The van der Waals surface area contributed by atoms with Gasteiger partial charge in [-0.15, -0.1) is 0 Å². The summed E-state index contributed by atoms with van der Waals surface area (Å²) in [5.74, 6) is -1.63. The second kappa shape index (κ2) is 7.79. The number of nitrogens with zero attached hydrogens (tertiary/aromatic N) is 2. The van der Waals surface area contributed by atoms with Crippen LogP contribution in [0.4, 0.5) is 4.39 Å². The smallest absolute Gasteiger partial charge is 0.260 e. The number of rotatable bonds is 6. The minimum Gasteiger partial charge on any atom is -0.508 e. The molecule has 2 rings (SSSR count). The van der Waals surface area contributed by atoms with Crippen LogP contribution in [0, 0.1) is 5.82 Å². The molecule has 128 valence electrons. The standard InChI is InChI=1S/C18H21FN2O3/c1-20(2)9-10-21(12-13-5-3-6-14(22)11-13)18(24)17-15(19)7-4-8-16(17)23/h3-8,11,22-23H,9-10,12H2,1-2H3. The molecule has 2 N–H and O–H groups in total. The van der Waals surface area contributed by atoms with Crippen molar-refractivity contribution < 1.29 is 19.4 Å². The first-order valence-corrected chi connectivity index (χ1v) is 7.58. The Hall–Kier alpha value is -2.60. The zero-order valence-electron chi connectivity index (χ0n) is 13.7. The molecular weight excluding hydrogens is 311 g/mol. The molecule has 24 heavy (non-hydrogen) atoms. The molecule has 0 atom stereocenters. The van der Waals surface area contributed by atoms with Crippen LogP contribution >= 0.6 is 0 Å². The molecule has 5 nitrogen and oxygen atoms in total. The van der Waals surface area contributed by atoms with Crippen molar-refractivity contribution >= 4 is 5.91 Å². The quantitative estimate of drug-likeness (QED) is 0.853. The van der Waals surface area contributed by atoms with Crippen molar-refractivity contribution in [2.75, 3.05) is 27.2 Å². The summed E-state index contributed by atoms with van der Waals surface area (Å²) in [5, 5.41) is 19.4. The predicted molar refractivity (Wildman–Crippen MR) is 89.5 cm³/mol. The third-order valence-electron chi connectivity index (χ3n) is 3.59. The van der Waals surface area contributed by atoms with Gasteiger partial charge in [0.05, 0.1) is 0 Å². The van der Waals surface area contributed by atoms with Gasteiger partial charge in [0, 0.05) is 19.6 Å². The summed E-state index contributed by atoms with van der Waals surface area (Å²) in [5.41, 5.74) is 0.384. The van der Waals surface area contributed by atoms with E-state index in [1.165, 1.54) is 23.1 Å². The first-order chi connectivity index (χ1) is 11.4. The summed E-state index contributed by atoms with van der Waals surface area (Å²) in [6.45, 7) is 1.14. The van der Waals surface area contributed by atoms with Crippen LogP contribution in [0.3, 0.4) is 0 Å². The lowest BCUT2D eigenvalue weighted by Gasteiger charge is -2.25. The lowest BCUT2D eigenvalue weighted by Crippen LogP contribution is -2.36. The van der Waals surface area contributed by atoms with Crippen LogP contribution < -0.4 is 0 Å². The van der Waals surface area contributed by atoms with E-state index >= 15 is 0 Å². The number of benzene rings is 2. The molecule has 0 heterocycles. The summed E-state index contributed by atoms with van der Waals surface area (Å²) < 4.78 is 14.0. The van der Waals surface area contributed by atoms with E-state index in [1.807, 2.05) is 19.0 Å². The summed E-state index contributed by atoms with van der Waals surface area (Å²) in [4.78, 5) is 16.1. The van der Waals surface area contributed by atoms with Crippen molar-refractivity contribution in [1.82, 2.24) is 9.80 Å². The van der Waals surface area contributed by atoms with Crippen LogP contribution in [-0.2, 0) is 6.54 Å². The molecule has 1 amide bonds. The van der Waals surface area contributed by atoms with Crippen molar-refractivity contribution in [3.63, 3.8) is 0 Å². The maximum absolute atomic E-state index is 14.0. The molecule has 0 aliphatic rings. The third-order valence-corrected chi connectivity index (χ3v) is 3.59. The van der Waals surface area contributed by atoms with Crippen LogP contribution in [0.15, 0.2) is 42.5 Å². The fraction of sp³-hybridized carbons (Fsp3) is 0.278. The van der Waals surface area contributed by atoms with Crippen LogP contribution in [0.5, 0.6) is 11.5 Å². The van der Waals surface area contributed by atoms with Gasteiger partial charge in [0.1, 0.15) is 22.9 Å². The highest BCUT2D eigenvalue weighted by atomic mass is 19.1. The van der Waals surface area contributed by atoms with Crippen LogP contribution in [-0.4, -0.2) is 53.1 Å². The number of phenols is 2. The number of phenolic OH excluding ortho intramolecular Hbond substituents is 2. The number of hydrogen-bond donors (Lipinski definition) is 2. The number of carbonyl (C=O) groups excluding carboxylic acids is 1. The average molecular weight is 332 g/mol. The minimum absolute atomic E-state index is 0.0984. The molecule has 0 spiro atoms. The van der Waals surface area contributed by atoms with Gasteiger partial charge in [-0.1, -0.05) is 18.2 Å². The first-order valence-electron chi connectivity index (χ1n) is 7.58. The average Bonchev–Trinajstić information content (AvgIpc) is 2.51. The Bertz CT molecular complexity index is 699. The number of hydrogen-bond acceptors (Lipinski definition) is 4. The molecule has 0 fully saturated rings. The Morgan fingerprint density at radius 2 is 1.79 bits per heavy atom. The number of carbonyl (C=O) groups is 1. The molecule has 2 aromatic carbocycles. The van der Waals surface area contributed by atoms with Crippen molar-refractivity contribution in [3.8, 4) is 11.5 Å². The molecule has 0 bridgehead atoms. The monoisotopic (exact) mass is 332 g/mol. The molecular formula is C18H21FN2O3. The number of aromatic hydroxyl groups is 2. The fourth-order valence-corrected chi connectivity index (χ4v) is 2.33. The number of amides is 1. The number of halogens is 1. The fourth-order valence-electron chi connectivity index (χ4n) is 2.33. The van der Waals surface area contributed by atoms with E-state index in [4.69, 9.17) is 0 Å². The van der Waals surface area contributed by atoms with Gasteiger partial charge < -0.3 is 20.0 Å². The van der Waals surface area contributed by atoms with E-state index in [0.717, 1.165) is 11.6 Å². The van der Waals surface area contributed by atoms with E-state index in [0.29, 0.717) is 13.1 Å². The Labute approximate surface area is 140 Å². The molecule has 0 unspecified atom stereocenters. The van der Waals surface area contributed by atoms with E-state index in [9.17, 15) is 19.4 Å². The molecule has 2 aromatic rings. The zero-order chi connectivity index (χ0) is 17.7. The maximum Gasteiger partial charge on any atom is 0.260 e. The lowest BCUT2D eigenvalue weighted by molar-refractivity contribution is 0.0723. The highest BCUT2D eigenvalue weighted by Gasteiger charge is 2.23. The second-order valence-electron chi connectivity index (χ2n) is 5.83. The highest BCUT2D eigenvalue weighted by Crippen LogP contribution is 2.23. The van der Waals surface area contributed by atoms with Gasteiger partial charge in [-0.2, -0.15) is 0 Å². The van der Waals surface area contributed by atoms with Gasteiger partial charge in [0.2, 0.25) is 0 Å². The second-order valence-corrected chi connectivity index (χ2v) is 5.83. The third kappa shape index (κ3) is 4.45. The molecule has 0 saturated heterocycles. The summed E-state index contributed by atoms with van der Waals surface area (Å²) >= 11 is 0. The van der Waals surface area contributed by atoms with Crippen LogP contribution in [0.1, 0.15) is 15.9 Å². The van der Waals surface area contributed by atoms with E-state index in [-0.39, 0.29) is 23.6 Å². The maximum atomic E-state index is 14.0. The van der Waals surface area contributed by atoms with Crippen molar-refractivity contribution in [3.05, 3.63) is 59.4 Å². The molecule has 0 aliphatic heterocycles. The topological polar surface area (TPSA) is 64.0 Å². The predicted octanol–water partition coefficient (Wildman–Crippen LogP) is 2.44. The van der Waals surface area contributed by atoms with E-state index < -0.39 is 11.7 Å². The normalized spacial score (nSPS) is 10.8. The van der Waals surface area contributed by atoms with Gasteiger partial charge in [0.25, 0.3) is 5.91 Å². The molecule has 0 saturated carbocycles. The van der Waals surface area contributed by atoms with Gasteiger partial charge >= 0.3 is 0 Å². The SMILES string of the molecule is CN(C)CCN(Cc1cccc(O)c1)C(=O)c1c(O)cccc1F. The van der Waals surface area contributed by atoms with Crippen LogP contribution in [0.2, 0.25) is 0 Å². The van der Waals surface area contributed by atoms with Crippen molar-refractivity contribution in [2.24, 2.45) is 0 Å². The van der Waals surface area contributed by atoms with E-state index in [1.54, 1.807) is 18.2 Å². The van der Waals surface area contributed by atoms with Gasteiger partial charge in [-0.05, 0) is 43.9 Å². The molecule has 0 aromatic heterocycles. The van der Waals surface area contributed by atoms with Gasteiger partial charge in [-0.25, -0.2) is 4.39 Å². The summed E-state index contributed by atoms with van der Waals surface area (Å²) in [6.07, 6.45) is 0. The van der Waals surface area contributed by atoms with Crippen LogP contribution in [0.25, 0.3) is 0 Å². The summed E-state index contributed by atoms with van der Waals surface area (Å²) in [7, 11) is 3.75. The first kappa shape index (κ1) is 17.7. The molecule has 0 aliphatic carbocycles. The Morgan fingerprint density at radius 1 is 1.08 bits per heavy atom. The van der Waals surface area contributed by atoms with Crippen molar-refractivity contribution in [1.29, 1.82) is 0 Å². The van der Waals surface area contributed by atoms with Crippen molar-refractivity contribution in [2.45, 2.75) is 6.54 Å². The largest absolute Gasteiger partial charge is 0.508 e. The van der Waals surface area contributed by atoms with Gasteiger partial charge in [0.15, 0.2) is 0 Å². The van der Waals surface area contributed by atoms with E-state index in [2.05, 4.69) is 0 Å². The van der Waals surface area contributed by atoms with Gasteiger partial charge in [-0.3, -0.25) is 4.79 Å². The zero-order valence-corrected chi connectivity index (χ0v) is 13.7. The minimum atomic E-state index is -0.759. The summed E-state index contributed by atoms with van der Waals surface area (Å²) in [6, 6.07) is 10.3. The highest BCUT2D eigenvalue weighted by molar-refractivity contribution is 5.97. The Kier molecular flexibility index (Phi) is 5.76. The lowest BCUT2D eigenvalue weighted by atomic mass is 10.1. The Balaban J connectivity index is 2.29. The molecule has 0 radical (unpaired) electrons. The Morgan fingerprint density at radius 3 is 2.42 bits per heavy atom. The molecule has 6 heteroatoms. The number of likely N-dealkylation sites (N-methyl/N-ethyl adjacent to an activating group) is 1.